The lowest BCUT2D eigenvalue weighted by Crippen LogP contribution is -2.58. The van der Waals surface area contributed by atoms with Crippen molar-refractivity contribution in [2.45, 2.75) is 43.4 Å². The lowest BCUT2D eigenvalue weighted by atomic mass is 10.0. The summed E-state index contributed by atoms with van der Waals surface area (Å²) < 4.78 is 0. The van der Waals surface area contributed by atoms with E-state index in [1.807, 2.05) is 54.8 Å². The molecule has 0 radical (unpaired) electrons. The number of amides is 3. The Kier molecular flexibility index (Phi) is 10.8. The normalized spacial score (nSPS) is 14.1. The number of carbonyl (C=O) groups is 4. The zero-order chi connectivity index (χ0) is 30.9. The molecule has 0 spiro atoms. The summed E-state index contributed by atoms with van der Waals surface area (Å²) in [5.74, 6) is -2.75. The smallest absolute Gasteiger partial charge is 0.326 e. The van der Waals surface area contributed by atoms with Crippen molar-refractivity contribution >= 4 is 57.3 Å². The highest BCUT2D eigenvalue weighted by atomic mass is 32.2. The quantitative estimate of drug-likeness (QED) is 0.0978. The largest absolute Gasteiger partial charge is 0.480 e. The molecule has 0 bridgehead atoms. The van der Waals surface area contributed by atoms with Gasteiger partial charge in [0.15, 0.2) is 0 Å². The number of hydrogen-bond donors (Lipinski definition) is 8. The van der Waals surface area contributed by atoms with Gasteiger partial charge in [0, 0.05) is 47.0 Å². The number of para-hydroxylation sites is 2. The van der Waals surface area contributed by atoms with Crippen molar-refractivity contribution in [2.24, 2.45) is 5.73 Å². The number of carboxylic acids is 1. The molecule has 2 aromatic carbocycles. The Hall–Kier alpha value is -4.33. The number of nitrogens with one attached hydrogen (secondary N) is 5. The van der Waals surface area contributed by atoms with Gasteiger partial charge in [-0.3, -0.25) is 14.4 Å². The van der Waals surface area contributed by atoms with Gasteiger partial charge in [0.1, 0.15) is 18.1 Å². The number of benzene rings is 2. The number of carbonyl (C=O) groups excluding carboxylic acids is 3. The van der Waals surface area contributed by atoms with Gasteiger partial charge in [0.05, 0.1) is 12.6 Å². The number of aliphatic hydroxyl groups is 1. The fraction of sp³-hybridized carbons (Fsp3) is 0.333. The first-order valence-corrected chi connectivity index (χ1v) is 15.2. The summed E-state index contributed by atoms with van der Waals surface area (Å²) in [6.07, 6.45) is 5.78. The second-order valence-corrected chi connectivity index (χ2v) is 11.2. The van der Waals surface area contributed by atoms with Gasteiger partial charge in [-0.05, 0) is 41.7 Å². The third kappa shape index (κ3) is 7.95. The van der Waals surface area contributed by atoms with E-state index in [-0.39, 0.29) is 12.8 Å². The van der Waals surface area contributed by atoms with Crippen LogP contribution in [0.5, 0.6) is 0 Å². The van der Waals surface area contributed by atoms with Crippen molar-refractivity contribution in [1.29, 1.82) is 0 Å². The van der Waals surface area contributed by atoms with Gasteiger partial charge in [0.25, 0.3) is 0 Å². The highest BCUT2D eigenvalue weighted by Gasteiger charge is 2.31. The molecule has 228 valence electrons. The van der Waals surface area contributed by atoms with Gasteiger partial charge >= 0.3 is 5.97 Å². The van der Waals surface area contributed by atoms with Crippen LogP contribution in [0.4, 0.5) is 0 Å². The maximum atomic E-state index is 13.5. The van der Waals surface area contributed by atoms with Crippen molar-refractivity contribution in [2.75, 3.05) is 18.6 Å². The first-order valence-electron chi connectivity index (χ1n) is 13.8. The molecule has 4 atom stereocenters. The third-order valence-electron chi connectivity index (χ3n) is 7.23. The number of H-pyrrole nitrogens is 2. The molecule has 3 amide bonds. The van der Waals surface area contributed by atoms with Crippen LogP contribution in [0.25, 0.3) is 21.8 Å². The van der Waals surface area contributed by atoms with E-state index in [0.717, 1.165) is 27.4 Å². The van der Waals surface area contributed by atoms with Crippen LogP contribution in [-0.2, 0) is 32.0 Å². The van der Waals surface area contributed by atoms with Crippen LogP contribution in [0.15, 0.2) is 60.9 Å². The van der Waals surface area contributed by atoms with Crippen molar-refractivity contribution < 1.29 is 29.4 Å². The molecule has 0 aliphatic rings. The second kappa shape index (κ2) is 14.7. The number of thioether (sulfide) groups is 1. The summed E-state index contributed by atoms with van der Waals surface area (Å²) in [6, 6.07) is 10.1. The Balaban J connectivity index is 1.48. The Morgan fingerprint density at radius 2 is 1.28 bits per heavy atom. The molecule has 13 heteroatoms. The van der Waals surface area contributed by atoms with E-state index in [1.165, 1.54) is 0 Å². The highest BCUT2D eigenvalue weighted by molar-refractivity contribution is 7.98. The van der Waals surface area contributed by atoms with Gasteiger partial charge in [0.2, 0.25) is 17.7 Å². The van der Waals surface area contributed by atoms with Crippen LogP contribution in [-0.4, -0.2) is 86.7 Å². The van der Waals surface area contributed by atoms with Crippen molar-refractivity contribution in [3.8, 4) is 0 Å². The van der Waals surface area contributed by atoms with E-state index >= 15 is 0 Å². The fourth-order valence-electron chi connectivity index (χ4n) is 4.84. The Labute approximate surface area is 252 Å². The lowest BCUT2D eigenvalue weighted by molar-refractivity contribution is -0.142. The molecule has 4 unspecified atom stereocenters. The maximum Gasteiger partial charge on any atom is 0.326 e. The van der Waals surface area contributed by atoms with Gasteiger partial charge < -0.3 is 41.9 Å². The topological polar surface area (TPSA) is 202 Å². The molecule has 4 aromatic rings. The minimum absolute atomic E-state index is 0.0235. The molecule has 9 N–H and O–H groups in total. The van der Waals surface area contributed by atoms with Crippen LogP contribution in [0.2, 0.25) is 0 Å². The number of fused-ring (bicyclic) bond motifs is 2. The molecule has 0 saturated carbocycles. The van der Waals surface area contributed by atoms with Crippen LogP contribution in [0.3, 0.4) is 0 Å². The van der Waals surface area contributed by atoms with E-state index < -0.39 is 54.5 Å². The van der Waals surface area contributed by atoms with Gasteiger partial charge in [-0.25, -0.2) is 4.79 Å². The van der Waals surface area contributed by atoms with Gasteiger partial charge in [-0.1, -0.05) is 36.4 Å². The summed E-state index contributed by atoms with van der Waals surface area (Å²) in [5, 5.41) is 29.1. The van der Waals surface area contributed by atoms with Crippen molar-refractivity contribution in [3.63, 3.8) is 0 Å². The molecule has 0 aliphatic heterocycles. The maximum absolute atomic E-state index is 13.5. The third-order valence-corrected chi connectivity index (χ3v) is 7.87. The number of aliphatic carboxylic acids is 1. The van der Waals surface area contributed by atoms with Crippen LogP contribution < -0.4 is 21.7 Å². The zero-order valence-electron chi connectivity index (χ0n) is 23.6. The first kappa shape index (κ1) is 31.6. The number of carboxylic acid groups (broad SMARTS) is 1. The van der Waals surface area contributed by atoms with E-state index in [4.69, 9.17) is 5.73 Å². The Morgan fingerprint density at radius 1 is 0.791 bits per heavy atom. The number of hydrogen-bond acceptors (Lipinski definition) is 7. The number of rotatable bonds is 15. The molecule has 43 heavy (non-hydrogen) atoms. The monoisotopic (exact) mass is 608 g/mol. The molecule has 2 heterocycles. The number of aromatic amines is 2. The van der Waals surface area contributed by atoms with E-state index in [2.05, 4.69) is 25.9 Å². The molecule has 4 rings (SSSR count). The SMILES string of the molecule is CSCCC(N)C(=O)NC(Cc1c[nH]c2ccccc12)C(=O)NC(CO)C(=O)NC(Cc1c[nH]c2ccccc12)C(=O)O. The predicted molar refractivity (Wildman–Crippen MR) is 165 cm³/mol. The number of aliphatic hydroxyl groups excluding tert-OH is 1. The van der Waals surface area contributed by atoms with Gasteiger partial charge in [-0.2, -0.15) is 11.8 Å². The average molecular weight is 609 g/mol. The minimum atomic E-state index is -1.47. The molecular formula is C30H36N6O6S. The molecule has 0 aliphatic carbocycles. The Morgan fingerprint density at radius 3 is 1.81 bits per heavy atom. The van der Waals surface area contributed by atoms with Crippen LogP contribution in [0.1, 0.15) is 17.5 Å². The summed E-state index contributed by atoms with van der Waals surface area (Å²) in [5.41, 5.74) is 9.15. The molecule has 0 fully saturated rings. The van der Waals surface area contributed by atoms with Crippen LogP contribution >= 0.6 is 11.8 Å². The molecule has 2 aromatic heterocycles. The fourth-order valence-corrected chi connectivity index (χ4v) is 5.33. The van der Waals surface area contributed by atoms with Crippen molar-refractivity contribution in [3.05, 3.63) is 72.1 Å². The zero-order valence-corrected chi connectivity index (χ0v) is 24.4. The average Bonchev–Trinajstić information content (AvgIpc) is 3.61. The van der Waals surface area contributed by atoms with E-state index in [1.54, 1.807) is 24.2 Å². The minimum Gasteiger partial charge on any atom is -0.480 e. The molecule has 12 nitrogen and oxygen atoms in total. The van der Waals surface area contributed by atoms with E-state index in [9.17, 15) is 29.4 Å². The standard InChI is InChI=1S/C30H36N6O6S/c1-43-11-10-21(31)27(38)34-24(12-17-14-32-22-8-4-2-6-19(17)22)28(39)36-26(16-37)29(40)35-25(30(41)42)13-18-15-33-23-9-5-3-7-20(18)23/h2-9,14-15,21,24-26,32-33,37H,10-13,16,31H2,1H3,(H,34,38)(H,35,40)(H,36,39)(H,41,42). The summed E-state index contributed by atoms with van der Waals surface area (Å²) in [6.45, 7) is -0.794. The highest BCUT2D eigenvalue weighted by Crippen LogP contribution is 2.20. The van der Waals surface area contributed by atoms with Gasteiger partial charge in [-0.15, -0.1) is 0 Å². The summed E-state index contributed by atoms with van der Waals surface area (Å²) in [4.78, 5) is 57.7. The van der Waals surface area contributed by atoms with Crippen LogP contribution in [0, 0.1) is 0 Å². The summed E-state index contributed by atoms with van der Waals surface area (Å²) in [7, 11) is 0. The van der Waals surface area contributed by atoms with Crippen molar-refractivity contribution in [1.82, 2.24) is 25.9 Å². The number of aromatic nitrogens is 2. The Bertz CT molecular complexity index is 1590. The lowest BCUT2D eigenvalue weighted by Gasteiger charge is -2.24. The molecule has 0 saturated heterocycles. The first-order chi connectivity index (χ1) is 20.7. The molecular weight excluding hydrogens is 572 g/mol. The predicted octanol–water partition coefficient (Wildman–Crippen LogP) is 1.05. The number of nitrogens with two attached hydrogens (primary N) is 1. The second-order valence-electron chi connectivity index (χ2n) is 10.2. The van der Waals surface area contributed by atoms with E-state index in [0.29, 0.717) is 17.7 Å². The summed E-state index contributed by atoms with van der Waals surface area (Å²) >= 11 is 1.54.